The first-order chi connectivity index (χ1) is 46.2. The summed E-state index contributed by atoms with van der Waals surface area (Å²) in [6.45, 7) is 27.5. The molecular formula is C88H72B2N4O2. The van der Waals surface area contributed by atoms with Crippen LogP contribution >= 0.6 is 0 Å². The average molecular weight is 1240 g/mol. The Balaban J connectivity index is 0.844. The fraction of sp³-hybridized carbons (Fsp3) is 0.182. The maximum absolute atomic E-state index is 7.66. The number of benzene rings is 12. The number of nitrogens with zero attached hydrogens (tertiary/aromatic N) is 4. The smallest absolute Gasteiger partial charge is 0.333 e. The molecule has 0 bridgehead atoms. The molecule has 0 aliphatic carbocycles. The summed E-state index contributed by atoms with van der Waals surface area (Å²) < 4.78 is 20.2. The number of hydrogen-bond donors (Lipinski definition) is 0. The van der Waals surface area contributed by atoms with Crippen LogP contribution in [0.1, 0.15) is 105 Å². The van der Waals surface area contributed by atoms with E-state index in [9.17, 15) is 0 Å². The highest BCUT2D eigenvalue weighted by Gasteiger charge is 2.47. The quantitative estimate of drug-likeness (QED) is 0.165. The molecule has 8 heterocycles. The third kappa shape index (κ3) is 7.45. The molecule has 4 aliphatic heterocycles. The van der Waals surface area contributed by atoms with Gasteiger partial charge in [-0.3, -0.25) is 0 Å². The van der Waals surface area contributed by atoms with E-state index in [1.165, 1.54) is 127 Å². The van der Waals surface area contributed by atoms with E-state index in [-0.39, 0.29) is 35.4 Å². The van der Waals surface area contributed by atoms with Gasteiger partial charge < -0.3 is 27.6 Å². The van der Waals surface area contributed by atoms with Gasteiger partial charge in [0.25, 0.3) is 0 Å². The molecule has 0 spiro atoms. The molecule has 12 aromatic carbocycles. The minimum absolute atomic E-state index is 0.00100. The number of furan rings is 2. The number of para-hydroxylation sites is 5. The standard InChI is InChI=1S/C88H72B2N4O2/c1-85(2,3)50-31-37-54(38-32-50)91-70-42-35-53(88(10,11)12)46-67(70)90-80-72(91)47-65-58-21-14-16-29-74(58)95-84(65)78(80)62-26-19-24-60-64-44-49(30-41-69(64)94(90)82(60)62)56-22-17-27-63-76-75(96-83(56)63)48-73-79-77(76)61-25-18-23-59-57-20-13-15-28-68(57)93(81(59)61)89(79)66-45-52(87(7,8)9)36-43-71(66)92(73)55-39-33-51(34-40-55)86(4,5)6/h13-48H,1-12H3. The fourth-order valence-electron chi connectivity index (χ4n) is 17.6. The first kappa shape index (κ1) is 56.0. The Morgan fingerprint density at radius 2 is 0.781 bits per heavy atom. The van der Waals surface area contributed by atoms with Gasteiger partial charge in [-0.2, -0.15) is 0 Å². The van der Waals surface area contributed by atoms with Crippen LogP contribution in [0.2, 0.25) is 0 Å². The van der Waals surface area contributed by atoms with Crippen molar-refractivity contribution in [2.75, 3.05) is 9.80 Å². The van der Waals surface area contributed by atoms with E-state index in [4.69, 9.17) is 8.83 Å². The summed E-state index contributed by atoms with van der Waals surface area (Å²) in [5.41, 5.74) is 32.7. The van der Waals surface area contributed by atoms with E-state index in [0.29, 0.717) is 0 Å². The van der Waals surface area contributed by atoms with Gasteiger partial charge in [-0.15, -0.1) is 0 Å². The Morgan fingerprint density at radius 1 is 0.312 bits per heavy atom. The van der Waals surface area contributed by atoms with Gasteiger partial charge in [0.05, 0.1) is 0 Å². The normalized spacial score (nSPS) is 14.2. The van der Waals surface area contributed by atoms with E-state index in [1.54, 1.807) is 0 Å². The molecular weight excluding hydrogens is 1170 g/mol. The van der Waals surface area contributed by atoms with E-state index < -0.39 is 0 Å². The van der Waals surface area contributed by atoms with Crippen LogP contribution in [-0.4, -0.2) is 22.7 Å². The lowest BCUT2D eigenvalue weighted by atomic mass is 9.44. The molecule has 20 rings (SSSR count). The summed E-state index contributed by atoms with van der Waals surface area (Å²) in [5, 5.41) is 9.47. The molecule has 0 atom stereocenters. The lowest BCUT2D eigenvalue weighted by Gasteiger charge is -2.41. The zero-order chi connectivity index (χ0) is 65.1. The number of fused-ring (bicyclic) bond motifs is 22. The van der Waals surface area contributed by atoms with E-state index in [2.05, 4.69) is 320 Å². The van der Waals surface area contributed by atoms with Gasteiger partial charge in [-0.05, 0) is 144 Å². The molecule has 8 heteroatoms. The largest absolute Gasteiger partial charge is 0.455 e. The molecule has 0 radical (unpaired) electrons. The lowest BCUT2D eigenvalue weighted by Crippen LogP contribution is -2.57. The monoisotopic (exact) mass is 1240 g/mol. The second kappa shape index (κ2) is 18.7. The van der Waals surface area contributed by atoms with Crippen LogP contribution in [0.5, 0.6) is 0 Å². The summed E-state index contributed by atoms with van der Waals surface area (Å²) in [5.74, 6) is 0. The van der Waals surface area contributed by atoms with Crippen LogP contribution in [0.25, 0.3) is 121 Å². The molecule has 6 nitrogen and oxygen atoms in total. The first-order valence-corrected chi connectivity index (χ1v) is 34.4. The Hall–Kier alpha value is -10.4. The van der Waals surface area contributed by atoms with Crippen molar-refractivity contribution < 1.29 is 8.83 Å². The number of anilines is 6. The predicted molar refractivity (Wildman–Crippen MR) is 408 cm³/mol. The maximum atomic E-state index is 7.66. The van der Waals surface area contributed by atoms with Gasteiger partial charge in [-0.25, -0.2) is 0 Å². The molecule has 0 unspecified atom stereocenters. The SMILES string of the molecule is CC(C)(C)c1ccc(N2c3ccc(C(C)(C)C)cc3B3c4c2cc2c(oc5ccccc52)c4-c2cccc4c5cc(-c6cccc7c6oc6cc8c9c(c67)-c6cccc7c%10ccccc%10n(c67)B9c6cc(C(C)(C)C)ccc6N8c6ccc(C(C)(C)C)cc6)ccc5n3c24)cc1. The highest BCUT2D eigenvalue weighted by molar-refractivity contribution is 6.91. The van der Waals surface area contributed by atoms with Gasteiger partial charge >= 0.3 is 13.7 Å². The molecule has 0 fully saturated rings. The molecule has 462 valence electrons. The van der Waals surface area contributed by atoms with Crippen LogP contribution in [0, 0.1) is 0 Å². The van der Waals surface area contributed by atoms with Crippen molar-refractivity contribution in [2.24, 2.45) is 0 Å². The third-order valence-corrected chi connectivity index (χ3v) is 22.3. The Bertz CT molecular complexity index is 6140. The van der Waals surface area contributed by atoms with E-state index in [1.807, 2.05) is 0 Å². The van der Waals surface area contributed by atoms with Crippen LogP contribution in [0.4, 0.5) is 34.1 Å². The van der Waals surface area contributed by atoms with Crippen molar-refractivity contribution in [1.82, 2.24) is 8.96 Å². The van der Waals surface area contributed by atoms with Crippen molar-refractivity contribution in [3.05, 3.63) is 241 Å². The van der Waals surface area contributed by atoms with Crippen molar-refractivity contribution in [3.63, 3.8) is 0 Å². The van der Waals surface area contributed by atoms with Gasteiger partial charge in [-0.1, -0.05) is 229 Å². The predicted octanol–water partition coefficient (Wildman–Crippen LogP) is 21.4. The van der Waals surface area contributed by atoms with Crippen LogP contribution < -0.4 is 31.7 Å². The molecule has 16 aromatic rings. The zero-order valence-corrected chi connectivity index (χ0v) is 56.5. The van der Waals surface area contributed by atoms with Gasteiger partial charge in [0.1, 0.15) is 22.3 Å². The zero-order valence-electron chi connectivity index (χ0n) is 56.5. The van der Waals surface area contributed by atoms with Crippen molar-refractivity contribution in [2.45, 2.75) is 105 Å². The number of rotatable bonds is 3. The Labute approximate surface area is 560 Å². The van der Waals surface area contributed by atoms with Crippen molar-refractivity contribution >= 4 is 157 Å². The maximum Gasteiger partial charge on any atom is 0.333 e. The average Bonchev–Trinajstić information content (AvgIpc) is 1.30. The molecule has 4 aliphatic rings. The summed E-state index contributed by atoms with van der Waals surface area (Å²) in [4.78, 5) is 5.08. The summed E-state index contributed by atoms with van der Waals surface area (Å²) in [7, 11) is 0. The van der Waals surface area contributed by atoms with E-state index in [0.717, 1.165) is 72.1 Å². The van der Waals surface area contributed by atoms with Crippen molar-refractivity contribution in [1.29, 1.82) is 0 Å². The molecule has 0 saturated heterocycles. The number of hydrogen-bond acceptors (Lipinski definition) is 4. The van der Waals surface area contributed by atoms with Crippen LogP contribution in [0.3, 0.4) is 0 Å². The molecule has 0 saturated carbocycles. The van der Waals surface area contributed by atoms with Crippen LogP contribution in [-0.2, 0) is 21.7 Å². The first-order valence-electron chi connectivity index (χ1n) is 34.4. The molecule has 0 N–H and O–H groups in total. The van der Waals surface area contributed by atoms with Gasteiger partial charge in [0.2, 0.25) is 0 Å². The van der Waals surface area contributed by atoms with Crippen LogP contribution in [0.15, 0.2) is 227 Å². The highest BCUT2D eigenvalue weighted by Crippen LogP contribution is 2.54. The Kier molecular flexibility index (Phi) is 10.9. The second-order valence-corrected chi connectivity index (χ2v) is 32.0. The number of aromatic nitrogens is 2. The summed E-state index contributed by atoms with van der Waals surface area (Å²) in [6.07, 6.45) is 0. The van der Waals surface area contributed by atoms with E-state index >= 15 is 0 Å². The minimum Gasteiger partial charge on any atom is -0.455 e. The Morgan fingerprint density at radius 3 is 1.38 bits per heavy atom. The van der Waals surface area contributed by atoms with Gasteiger partial charge in [0, 0.05) is 128 Å². The fourth-order valence-corrected chi connectivity index (χ4v) is 17.6. The molecule has 96 heavy (non-hydrogen) atoms. The summed E-state index contributed by atoms with van der Waals surface area (Å²) >= 11 is 0. The van der Waals surface area contributed by atoms with Crippen molar-refractivity contribution in [3.8, 4) is 33.4 Å². The second-order valence-electron chi connectivity index (χ2n) is 32.0. The minimum atomic E-state index is -0.174. The lowest BCUT2D eigenvalue weighted by molar-refractivity contribution is 0.590. The molecule has 4 aromatic heterocycles. The molecule has 0 amide bonds. The third-order valence-electron chi connectivity index (χ3n) is 22.3. The topological polar surface area (TPSA) is 42.6 Å². The van der Waals surface area contributed by atoms with Gasteiger partial charge in [0.15, 0.2) is 0 Å². The summed E-state index contributed by atoms with van der Waals surface area (Å²) in [6, 6.07) is 83.7. The highest BCUT2D eigenvalue weighted by atomic mass is 16.3.